The predicted octanol–water partition coefficient (Wildman–Crippen LogP) is 7.89. The second-order valence-corrected chi connectivity index (χ2v) is 12.6. The SMILES string of the molecule is C[C@H](C1C=CC=C1P(c1ccccc1)c1ccccc1)N(C)P(Oc1ccccc1)Oc1ccccc1. The van der Waals surface area contributed by atoms with Crippen molar-refractivity contribution in [3.05, 3.63) is 145 Å². The van der Waals surface area contributed by atoms with Gasteiger partial charge in [0.05, 0.1) is 0 Å². The Bertz CT molecular complexity index is 1230. The fourth-order valence-corrected chi connectivity index (χ4v) is 8.40. The lowest BCUT2D eigenvalue weighted by molar-refractivity contribution is 0.311. The van der Waals surface area contributed by atoms with Gasteiger partial charge in [0.1, 0.15) is 11.5 Å². The Morgan fingerprint density at radius 3 is 1.54 bits per heavy atom. The molecular formula is C32H31NO2P2. The number of hydrogen-bond donors (Lipinski definition) is 0. The molecule has 4 aromatic carbocycles. The summed E-state index contributed by atoms with van der Waals surface area (Å²) in [5.41, 5.74) is 0. The second-order valence-electron chi connectivity index (χ2n) is 8.87. The Morgan fingerprint density at radius 1 is 0.649 bits per heavy atom. The Balaban J connectivity index is 1.44. The van der Waals surface area contributed by atoms with Crippen LogP contribution < -0.4 is 19.7 Å². The summed E-state index contributed by atoms with van der Waals surface area (Å²) in [6.45, 7) is 2.27. The van der Waals surface area contributed by atoms with Gasteiger partial charge in [-0.05, 0) is 62.1 Å². The highest BCUT2D eigenvalue weighted by Gasteiger charge is 2.36. The molecular weight excluding hydrogens is 492 g/mol. The van der Waals surface area contributed by atoms with Gasteiger partial charge in [-0.25, -0.2) is 4.67 Å². The molecule has 37 heavy (non-hydrogen) atoms. The molecule has 0 amide bonds. The lowest BCUT2D eigenvalue weighted by atomic mass is 10.0. The van der Waals surface area contributed by atoms with E-state index in [4.69, 9.17) is 9.05 Å². The predicted molar refractivity (Wildman–Crippen MR) is 158 cm³/mol. The lowest BCUT2D eigenvalue weighted by Crippen LogP contribution is -2.34. The van der Waals surface area contributed by atoms with Gasteiger partial charge in [0.25, 0.3) is 0 Å². The van der Waals surface area contributed by atoms with Crippen LogP contribution in [-0.2, 0) is 0 Å². The first-order chi connectivity index (χ1) is 18.2. The second kappa shape index (κ2) is 12.3. The van der Waals surface area contributed by atoms with Crippen LogP contribution in [0, 0.1) is 5.92 Å². The summed E-state index contributed by atoms with van der Waals surface area (Å²) >= 11 is 0. The van der Waals surface area contributed by atoms with Gasteiger partial charge in [-0.2, -0.15) is 0 Å². The van der Waals surface area contributed by atoms with Crippen molar-refractivity contribution in [2.75, 3.05) is 7.05 Å². The van der Waals surface area contributed by atoms with Crippen molar-refractivity contribution in [3.63, 3.8) is 0 Å². The number of nitrogens with zero attached hydrogens (tertiary/aromatic N) is 1. The molecule has 4 aromatic rings. The van der Waals surface area contributed by atoms with Crippen molar-refractivity contribution in [2.45, 2.75) is 13.0 Å². The summed E-state index contributed by atoms with van der Waals surface area (Å²) in [7, 11) is 0.0466. The zero-order chi connectivity index (χ0) is 25.5. The van der Waals surface area contributed by atoms with Crippen molar-refractivity contribution in [2.24, 2.45) is 5.92 Å². The summed E-state index contributed by atoms with van der Waals surface area (Å²) < 4.78 is 15.2. The van der Waals surface area contributed by atoms with E-state index in [0.29, 0.717) is 0 Å². The van der Waals surface area contributed by atoms with E-state index in [2.05, 4.69) is 97.5 Å². The monoisotopic (exact) mass is 523 g/mol. The summed E-state index contributed by atoms with van der Waals surface area (Å²) in [5.74, 6) is 1.84. The lowest BCUT2D eigenvalue weighted by Gasteiger charge is -2.36. The topological polar surface area (TPSA) is 21.7 Å². The van der Waals surface area contributed by atoms with E-state index in [9.17, 15) is 0 Å². The van der Waals surface area contributed by atoms with E-state index in [0.717, 1.165) is 11.5 Å². The molecule has 2 atom stereocenters. The van der Waals surface area contributed by atoms with Crippen LogP contribution in [0.25, 0.3) is 0 Å². The smallest absolute Gasteiger partial charge is 0.384 e. The Hall–Kier alpha value is -3.22. The van der Waals surface area contributed by atoms with E-state index in [-0.39, 0.29) is 12.0 Å². The molecule has 3 nitrogen and oxygen atoms in total. The van der Waals surface area contributed by atoms with Gasteiger partial charge in [-0.3, -0.25) is 0 Å². The Morgan fingerprint density at radius 2 is 1.08 bits per heavy atom. The molecule has 0 fully saturated rings. The van der Waals surface area contributed by atoms with E-state index in [1.807, 2.05) is 60.7 Å². The van der Waals surface area contributed by atoms with Gasteiger partial charge in [0.2, 0.25) is 0 Å². The van der Waals surface area contributed by atoms with E-state index in [1.54, 1.807) is 0 Å². The summed E-state index contributed by atoms with van der Waals surface area (Å²) in [4.78, 5) is 0. The molecule has 186 valence electrons. The quantitative estimate of drug-likeness (QED) is 0.197. The summed E-state index contributed by atoms with van der Waals surface area (Å²) in [6.07, 6.45) is 6.86. The highest BCUT2D eigenvalue weighted by atomic mass is 31.2. The molecule has 1 unspecified atom stereocenters. The average molecular weight is 524 g/mol. The number of benzene rings is 4. The van der Waals surface area contributed by atoms with Gasteiger partial charge in [-0.1, -0.05) is 115 Å². The van der Waals surface area contributed by atoms with Crippen LogP contribution in [0.4, 0.5) is 0 Å². The molecule has 1 aliphatic rings. The molecule has 5 rings (SSSR count). The van der Waals surface area contributed by atoms with Gasteiger partial charge in [0, 0.05) is 12.0 Å². The molecule has 5 heteroatoms. The van der Waals surface area contributed by atoms with Crippen LogP contribution in [0.3, 0.4) is 0 Å². The van der Waals surface area contributed by atoms with Gasteiger partial charge in [-0.15, -0.1) is 0 Å². The normalized spacial score (nSPS) is 15.7. The zero-order valence-electron chi connectivity index (χ0n) is 21.1. The van der Waals surface area contributed by atoms with Crippen molar-refractivity contribution in [1.82, 2.24) is 4.67 Å². The Kier molecular flexibility index (Phi) is 8.49. The van der Waals surface area contributed by atoms with E-state index >= 15 is 0 Å². The third kappa shape index (κ3) is 6.20. The molecule has 0 spiro atoms. The third-order valence-corrected chi connectivity index (χ3v) is 10.6. The molecule has 0 N–H and O–H groups in total. The highest BCUT2D eigenvalue weighted by molar-refractivity contribution is 7.76. The molecule has 0 saturated carbocycles. The maximum absolute atomic E-state index is 6.46. The minimum Gasteiger partial charge on any atom is -0.427 e. The minimum atomic E-state index is -1.40. The van der Waals surface area contributed by atoms with Gasteiger partial charge >= 0.3 is 8.53 Å². The molecule has 0 bridgehead atoms. The maximum atomic E-state index is 6.46. The van der Waals surface area contributed by atoms with Crippen LogP contribution in [0.5, 0.6) is 11.5 Å². The summed E-state index contributed by atoms with van der Waals surface area (Å²) in [5, 5.41) is 4.17. The number of hydrogen-bond acceptors (Lipinski definition) is 3. The minimum absolute atomic E-state index is 0.154. The van der Waals surface area contributed by atoms with E-state index in [1.165, 1.54) is 15.9 Å². The summed E-state index contributed by atoms with van der Waals surface area (Å²) in [6, 6.07) is 41.8. The fourth-order valence-electron chi connectivity index (χ4n) is 4.39. The first-order valence-corrected chi connectivity index (χ1v) is 15.0. The van der Waals surface area contributed by atoms with E-state index < -0.39 is 16.4 Å². The van der Waals surface area contributed by atoms with Crippen LogP contribution >= 0.6 is 16.4 Å². The highest BCUT2D eigenvalue weighted by Crippen LogP contribution is 2.53. The standard InChI is InChI=1S/C32H31NO2P2/c1-26(33(2)37(34-27-16-7-3-8-17-27)35-28-18-9-4-10-19-28)31-24-15-25-32(31)36(29-20-11-5-12-21-29)30-22-13-6-14-23-30/h3-26,31H,1-2H3/t26-,31?/m1/s1. The third-order valence-electron chi connectivity index (χ3n) is 6.43. The molecule has 0 aliphatic heterocycles. The van der Waals surface area contributed by atoms with Crippen LogP contribution in [0.2, 0.25) is 0 Å². The van der Waals surface area contributed by atoms with Crippen molar-refractivity contribution < 1.29 is 9.05 Å². The molecule has 0 saturated heterocycles. The molecule has 0 aromatic heterocycles. The van der Waals surface area contributed by atoms with Crippen LogP contribution in [-0.4, -0.2) is 17.8 Å². The molecule has 0 radical (unpaired) electrons. The first kappa shape index (κ1) is 25.4. The first-order valence-electron chi connectivity index (χ1n) is 12.5. The maximum Gasteiger partial charge on any atom is 0.384 e. The van der Waals surface area contributed by atoms with Crippen molar-refractivity contribution in [1.29, 1.82) is 0 Å². The Labute approximate surface area is 222 Å². The molecule has 0 heterocycles. The van der Waals surface area contributed by atoms with Crippen molar-refractivity contribution in [3.8, 4) is 11.5 Å². The zero-order valence-corrected chi connectivity index (χ0v) is 22.9. The average Bonchev–Trinajstić information content (AvgIpc) is 3.44. The van der Waals surface area contributed by atoms with Crippen molar-refractivity contribution >= 4 is 27.1 Å². The molecule has 1 aliphatic carbocycles. The van der Waals surface area contributed by atoms with Gasteiger partial charge in [0.15, 0.2) is 0 Å². The fraction of sp³-hybridized carbons (Fsp3) is 0.125. The van der Waals surface area contributed by atoms with Crippen LogP contribution in [0.1, 0.15) is 6.92 Å². The number of para-hydroxylation sites is 2. The largest absolute Gasteiger partial charge is 0.427 e. The number of allylic oxidation sites excluding steroid dienone is 2. The number of rotatable bonds is 10. The van der Waals surface area contributed by atoms with Crippen LogP contribution in [0.15, 0.2) is 145 Å². The van der Waals surface area contributed by atoms with Gasteiger partial charge < -0.3 is 9.05 Å².